The number of amides is 1. The SMILES string of the molecule is CC(C)(C)OC(=O)NC1(CC(=O)CC2CC(C(F)(F)F)CN(c3ccc(C#N)c4ncccc34)C2)CCCCC1. The molecule has 1 aromatic carbocycles. The van der Waals surface area contributed by atoms with Crippen LogP contribution in [0.3, 0.4) is 0 Å². The average Bonchev–Trinajstić information content (AvgIpc) is 2.86. The van der Waals surface area contributed by atoms with Gasteiger partial charge in [-0.1, -0.05) is 19.3 Å². The summed E-state index contributed by atoms with van der Waals surface area (Å²) in [6.07, 6.45) is 0.468. The number of ketones is 1. The van der Waals surface area contributed by atoms with Crippen LogP contribution in [0.5, 0.6) is 0 Å². The predicted octanol–water partition coefficient (Wildman–Crippen LogP) is 6.69. The van der Waals surface area contributed by atoms with E-state index in [0.29, 0.717) is 35.0 Å². The summed E-state index contributed by atoms with van der Waals surface area (Å²) in [5.41, 5.74) is -0.0659. The van der Waals surface area contributed by atoms with Crippen molar-refractivity contribution in [2.75, 3.05) is 18.0 Å². The van der Waals surface area contributed by atoms with Crippen molar-refractivity contribution in [2.24, 2.45) is 11.8 Å². The van der Waals surface area contributed by atoms with Crippen LogP contribution >= 0.6 is 0 Å². The zero-order chi connectivity index (χ0) is 29.1. The number of hydrogen-bond acceptors (Lipinski definition) is 6. The standard InChI is InChI=1S/C30H37F3N4O3/c1-28(2,3)40-27(39)36-29(11-5-4-6-12-29)16-23(38)15-20-14-22(30(31,32)33)19-37(18-20)25-10-9-21(17-34)26-24(25)8-7-13-35-26/h7-10,13,20,22H,4-6,11-12,14-16,18-19H2,1-3H3,(H,36,39). The van der Waals surface area contributed by atoms with E-state index in [1.807, 2.05) is 0 Å². The van der Waals surface area contributed by atoms with Gasteiger partial charge in [0.15, 0.2) is 0 Å². The number of pyridine rings is 1. The van der Waals surface area contributed by atoms with Crippen LogP contribution in [-0.2, 0) is 9.53 Å². The van der Waals surface area contributed by atoms with Crippen molar-refractivity contribution in [2.45, 2.75) is 89.5 Å². The molecule has 1 amide bonds. The van der Waals surface area contributed by atoms with E-state index in [2.05, 4.69) is 16.4 Å². The van der Waals surface area contributed by atoms with E-state index in [4.69, 9.17) is 4.74 Å². The fourth-order valence-corrected chi connectivity index (χ4v) is 6.18. The number of aromatic nitrogens is 1. The number of nitrogens with one attached hydrogen (secondary N) is 1. The van der Waals surface area contributed by atoms with Gasteiger partial charge >= 0.3 is 12.3 Å². The molecule has 0 spiro atoms. The zero-order valence-corrected chi connectivity index (χ0v) is 23.3. The van der Waals surface area contributed by atoms with Gasteiger partial charge in [-0.15, -0.1) is 0 Å². The second-order valence-corrected chi connectivity index (χ2v) is 12.3. The maximum atomic E-state index is 14.1. The number of rotatable bonds is 6. The van der Waals surface area contributed by atoms with Gasteiger partial charge in [0, 0.05) is 43.2 Å². The Balaban J connectivity index is 1.54. The highest BCUT2D eigenvalue weighted by molar-refractivity contribution is 5.95. The number of anilines is 1. The molecule has 1 aromatic heterocycles. The third-order valence-electron chi connectivity index (χ3n) is 7.84. The third-order valence-corrected chi connectivity index (χ3v) is 7.84. The van der Waals surface area contributed by atoms with Crippen molar-refractivity contribution < 1.29 is 27.5 Å². The van der Waals surface area contributed by atoms with Crippen molar-refractivity contribution in [3.63, 3.8) is 0 Å². The minimum absolute atomic E-state index is 0.00666. The molecule has 1 N–H and O–H groups in total. The number of fused-ring (bicyclic) bond motifs is 1. The molecule has 2 fully saturated rings. The number of Topliss-reactive ketones (excluding diaryl/α,β-unsaturated/α-hetero) is 1. The van der Waals surface area contributed by atoms with Gasteiger partial charge in [0.1, 0.15) is 17.5 Å². The number of piperidine rings is 1. The van der Waals surface area contributed by atoms with Crippen LogP contribution in [0.2, 0.25) is 0 Å². The lowest BCUT2D eigenvalue weighted by molar-refractivity contribution is -0.179. The molecule has 0 bridgehead atoms. The monoisotopic (exact) mass is 558 g/mol. The summed E-state index contributed by atoms with van der Waals surface area (Å²) in [4.78, 5) is 32.0. The van der Waals surface area contributed by atoms with E-state index >= 15 is 0 Å². The van der Waals surface area contributed by atoms with E-state index in [-0.39, 0.29) is 38.1 Å². The van der Waals surface area contributed by atoms with E-state index in [1.165, 1.54) is 0 Å². The van der Waals surface area contributed by atoms with Gasteiger partial charge < -0.3 is 15.0 Å². The second-order valence-electron chi connectivity index (χ2n) is 12.3. The van der Waals surface area contributed by atoms with Gasteiger partial charge in [-0.2, -0.15) is 18.4 Å². The van der Waals surface area contributed by atoms with E-state index in [0.717, 1.165) is 19.3 Å². The van der Waals surface area contributed by atoms with Gasteiger partial charge in [-0.25, -0.2) is 4.79 Å². The molecular weight excluding hydrogens is 521 g/mol. The quantitative estimate of drug-likeness (QED) is 0.425. The molecule has 10 heteroatoms. The van der Waals surface area contributed by atoms with Crippen LogP contribution in [0.1, 0.15) is 77.7 Å². The van der Waals surface area contributed by atoms with E-state index in [9.17, 15) is 28.0 Å². The molecule has 0 radical (unpaired) electrons. The summed E-state index contributed by atoms with van der Waals surface area (Å²) in [5, 5.41) is 13.0. The Morgan fingerprint density at radius 2 is 1.88 bits per heavy atom. The first kappa shape index (κ1) is 29.6. The van der Waals surface area contributed by atoms with Gasteiger partial charge in [0.2, 0.25) is 0 Å². The molecule has 216 valence electrons. The Bertz CT molecular complexity index is 1280. The van der Waals surface area contributed by atoms with Crippen LogP contribution < -0.4 is 10.2 Å². The van der Waals surface area contributed by atoms with Crippen LogP contribution in [-0.4, -0.2) is 47.3 Å². The summed E-state index contributed by atoms with van der Waals surface area (Å²) < 4.78 is 47.6. The third kappa shape index (κ3) is 7.23. The average molecular weight is 559 g/mol. The van der Waals surface area contributed by atoms with Crippen molar-refractivity contribution in [1.82, 2.24) is 10.3 Å². The highest BCUT2D eigenvalue weighted by Crippen LogP contribution is 2.41. The molecular formula is C30H37F3N4O3. The largest absolute Gasteiger partial charge is 0.444 e. The van der Waals surface area contributed by atoms with Crippen LogP contribution in [0.25, 0.3) is 10.9 Å². The minimum atomic E-state index is -4.41. The smallest absolute Gasteiger partial charge is 0.408 e. The van der Waals surface area contributed by atoms with Gasteiger partial charge in [0.05, 0.1) is 22.5 Å². The Labute approximate surface area is 233 Å². The fourth-order valence-electron chi connectivity index (χ4n) is 6.18. The molecule has 2 atom stereocenters. The highest BCUT2D eigenvalue weighted by Gasteiger charge is 2.45. The lowest BCUT2D eigenvalue weighted by Crippen LogP contribution is -2.52. The molecule has 1 saturated heterocycles. The molecule has 40 heavy (non-hydrogen) atoms. The number of carbonyl (C=O) groups is 2. The highest BCUT2D eigenvalue weighted by atomic mass is 19.4. The number of halogens is 3. The maximum absolute atomic E-state index is 14.1. The number of benzene rings is 1. The predicted molar refractivity (Wildman–Crippen MR) is 146 cm³/mol. The number of nitrogens with zero attached hydrogens (tertiary/aromatic N) is 3. The number of hydrogen-bond donors (Lipinski definition) is 1. The summed E-state index contributed by atoms with van der Waals surface area (Å²) in [6.45, 7) is 5.36. The molecule has 2 unspecified atom stereocenters. The van der Waals surface area contributed by atoms with Gasteiger partial charge in [0.25, 0.3) is 0 Å². The topological polar surface area (TPSA) is 95.3 Å². The summed E-state index contributed by atoms with van der Waals surface area (Å²) >= 11 is 0. The van der Waals surface area contributed by atoms with E-state index < -0.39 is 35.2 Å². The molecule has 2 aromatic rings. The Kier molecular flexibility index (Phi) is 8.62. The molecule has 1 saturated carbocycles. The number of carbonyl (C=O) groups excluding carboxylic acids is 2. The van der Waals surface area contributed by atoms with Crippen LogP contribution in [0.15, 0.2) is 30.5 Å². The zero-order valence-electron chi connectivity index (χ0n) is 23.3. The summed E-state index contributed by atoms with van der Waals surface area (Å²) in [5.74, 6) is -2.26. The van der Waals surface area contributed by atoms with Gasteiger partial charge in [-0.3, -0.25) is 9.78 Å². The molecule has 1 aliphatic carbocycles. The number of alkyl carbamates (subject to hydrolysis) is 1. The summed E-state index contributed by atoms with van der Waals surface area (Å²) in [7, 11) is 0. The first-order valence-electron chi connectivity index (χ1n) is 13.9. The van der Waals surface area contributed by atoms with Crippen molar-refractivity contribution in [3.8, 4) is 6.07 Å². The summed E-state index contributed by atoms with van der Waals surface area (Å²) in [6, 6.07) is 8.79. The first-order chi connectivity index (χ1) is 18.8. The molecule has 7 nitrogen and oxygen atoms in total. The lowest BCUT2D eigenvalue weighted by atomic mass is 9.76. The molecule has 4 rings (SSSR count). The number of ether oxygens (including phenoxy) is 1. The van der Waals surface area contributed by atoms with Gasteiger partial charge in [-0.05, 0) is 70.2 Å². The van der Waals surface area contributed by atoms with E-state index in [1.54, 1.807) is 56.1 Å². The number of alkyl halides is 3. The molecule has 1 aliphatic heterocycles. The van der Waals surface area contributed by atoms with Crippen molar-refractivity contribution in [3.05, 3.63) is 36.0 Å². The Hall–Kier alpha value is -3.35. The lowest BCUT2D eigenvalue weighted by Gasteiger charge is -2.41. The molecule has 2 aliphatic rings. The Morgan fingerprint density at radius 1 is 1.15 bits per heavy atom. The molecule has 2 heterocycles. The van der Waals surface area contributed by atoms with Crippen LogP contribution in [0.4, 0.5) is 23.7 Å². The fraction of sp³-hybridized carbons (Fsp3) is 0.600. The normalized spacial score (nSPS) is 21.5. The Morgan fingerprint density at radius 3 is 2.52 bits per heavy atom. The van der Waals surface area contributed by atoms with Crippen molar-refractivity contribution >= 4 is 28.5 Å². The second kappa shape index (κ2) is 11.6. The van der Waals surface area contributed by atoms with Crippen LogP contribution in [0, 0.1) is 23.2 Å². The van der Waals surface area contributed by atoms with Crippen molar-refractivity contribution in [1.29, 1.82) is 5.26 Å². The maximum Gasteiger partial charge on any atom is 0.408 e. The first-order valence-corrected chi connectivity index (χ1v) is 13.9. The minimum Gasteiger partial charge on any atom is -0.444 e. The number of nitriles is 1.